The summed E-state index contributed by atoms with van der Waals surface area (Å²) >= 11 is 3.65. The van der Waals surface area contributed by atoms with Crippen LogP contribution in [0.15, 0.2) is 0 Å². The number of hydrogen-bond acceptors (Lipinski definition) is 1. The summed E-state index contributed by atoms with van der Waals surface area (Å²) in [4.78, 5) is 0. The molecule has 2 fully saturated rings. The Kier molecular flexibility index (Phi) is 4.01. The van der Waals surface area contributed by atoms with E-state index in [1.807, 2.05) is 0 Å². The maximum absolute atomic E-state index is 6.14. The van der Waals surface area contributed by atoms with E-state index in [0.29, 0.717) is 16.9 Å². The van der Waals surface area contributed by atoms with Crippen molar-refractivity contribution in [1.82, 2.24) is 0 Å². The van der Waals surface area contributed by atoms with Crippen molar-refractivity contribution >= 4 is 15.9 Å². The van der Waals surface area contributed by atoms with Crippen LogP contribution in [-0.2, 0) is 4.74 Å². The van der Waals surface area contributed by atoms with Gasteiger partial charge in [-0.1, -0.05) is 36.2 Å². The summed E-state index contributed by atoms with van der Waals surface area (Å²) in [7, 11) is 0. The molecule has 0 aromatic heterocycles. The zero-order chi connectivity index (χ0) is 11.6. The number of alkyl halides is 1. The Morgan fingerprint density at radius 3 is 2.19 bits per heavy atom. The molecule has 0 spiro atoms. The summed E-state index contributed by atoms with van der Waals surface area (Å²) in [5, 5.41) is 1.12. The molecule has 16 heavy (non-hydrogen) atoms. The highest BCUT2D eigenvalue weighted by Gasteiger charge is 2.37. The number of ether oxygens (including phenoxy) is 1. The molecule has 2 heteroatoms. The second-order valence-electron chi connectivity index (χ2n) is 6.66. The molecule has 0 amide bonds. The van der Waals surface area contributed by atoms with Gasteiger partial charge in [-0.2, -0.15) is 0 Å². The van der Waals surface area contributed by atoms with E-state index in [1.165, 1.54) is 44.9 Å². The second kappa shape index (κ2) is 4.97. The molecule has 0 aromatic carbocycles. The van der Waals surface area contributed by atoms with Crippen LogP contribution >= 0.6 is 15.9 Å². The van der Waals surface area contributed by atoms with E-state index in [2.05, 4.69) is 29.8 Å². The third-order valence-electron chi connectivity index (χ3n) is 4.61. The monoisotopic (exact) mass is 288 g/mol. The molecule has 0 aliphatic heterocycles. The van der Waals surface area contributed by atoms with Gasteiger partial charge in [-0.15, -0.1) is 0 Å². The van der Waals surface area contributed by atoms with Gasteiger partial charge < -0.3 is 4.74 Å². The summed E-state index contributed by atoms with van der Waals surface area (Å²) in [6.07, 6.45) is 9.86. The number of hydrogen-bond donors (Lipinski definition) is 0. The molecule has 0 saturated heterocycles. The van der Waals surface area contributed by atoms with E-state index in [9.17, 15) is 0 Å². The molecule has 0 radical (unpaired) electrons. The van der Waals surface area contributed by atoms with E-state index in [-0.39, 0.29) is 0 Å². The van der Waals surface area contributed by atoms with Crippen LogP contribution in [0.2, 0.25) is 0 Å². The highest BCUT2D eigenvalue weighted by molar-refractivity contribution is 9.09. The van der Waals surface area contributed by atoms with Crippen LogP contribution in [0.5, 0.6) is 0 Å². The van der Waals surface area contributed by atoms with Gasteiger partial charge in [0.25, 0.3) is 0 Å². The van der Waals surface area contributed by atoms with Gasteiger partial charge in [0.15, 0.2) is 0 Å². The topological polar surface area (TPSA) is 9.23 Å². The number of halogens is 1. The van der Waals surface area contributed by atoms with Crippen molar-refractivity contribution in [3.8, 4) is 0 Å². The molecular formula is C14H25BrO. The summed E-state index contributed by atoms with van der Waals surface area (Å²) in [5.41, 5.74) is 1.05. The fourth-order valence-electron chi connectivity index (χ4n) is 2.83. The minimum Gasteiger partial charge on any atom is -0.378 e. The zero-order valence-corrected chi connectivity index (χ0v) is 12.3. The quantitative estimate of drug-likeness (QED) is 0.690. The van der Waals surface area contributed by atoms with Crippen LogP contribution in [0.3, 0.4) is 0 Å². The SMILES string of the molecule is CC1(C)CCC(OCC2(CBr)CCC2)CC1. The predicted molar refractivity (Wildman–Crippen MR) is 72.1 cm³/mol. The molecule has 2 rings (SSSR count). The van der Waals surface area contributed by atoms with Crippen molar-refractivity contribution < 1.29 is 4.74 Å². The maximum Gasteiger partial charge on any atom is 0.0575 e. The molecule has 2 saturated carbocycles. The van der Waals surface area contributed by atoms with Gasteiger partial charge in [-0.25, -0.2) is 0 Å². The first kappa shape index (κ1) is 12.9. The van der Waals surface area contributed by atoms with Crippen molar-refractivity contribution in [1.29, 1.82) is 0 Å². The Bertz CT molecular complexity index is 217. The molecule has 94 valence electrons. The standard InChI is InChI=1S/C14H25BrO/c1-13(2)8-4-12(5-9-13)16-11-14(10-15)6-3-7-14/h12H,3-11H2,1-2H3. The van der Waals surface area contributed by atoms with Crippen LogP contribution < -0.4 is 0 Å². The van der Waals surface area contributed by atoms with Gasteiger partial charge in [-0.3, -0.25) is 0 Å². The second-order valence-corrected chi connectivity index (χ2v) is 7.22. The normalized spacial score (nSPS) is 28.7. The minimum absolute atomic E-state index is 0.493. The van der Waals surface area contributed by atoms with E-state index in [1.54, 1.807) is 0 Å². The lowest BCUT2D eigenvalue weighted by Gasteiger charge is -2.42. The molecular weight excluding hydrogens is 264 g/mol. The smallest absolute Gasteiger partial charge is 0.0575 e. The first-order valence-electron chi connectivity index (χ1n) is 6.73. The first-order valence-corrected chi connectivity index (χ1v) is 7.85. The Hall–Kier alpha value is 0.440. The van der Waals surface area contributed by atoms with E-state index in [0.717, 1.165) is 11.9 Å². The van der Waals surface area contributed by atoms with Gasteiger partial charge in [0, 0.05) is 10.7 Å². The van der Waals surface area contributed by atoms with E-state index < -0.39 is 0 Å². The van der Waals surface area contributed by atoms with Gasteiger partial charge in [-0.05, 0) is 43.9 Å². The summed E-state index contributed by atoms with van der Waals surface area (Å²) in [5.74, 6) is 0. The van der Waals surface area contributed by atoms with Crippen LogP contribution in [0.4, 0.5) is 0 Å². The highest BCUT2D eigenvalue weighted by atomic mass is 79.9. The minimum atomic E-state index is 0.493. The molecule has 1 nitrogen and oxygen atoms in total. The molecule has 0 unspecified atom stereocenters. The predicted octanol–water partition coefficient (Wildman–Crippen LogP) is 4.54. The summed E-state index contributed by atoms with van der Waals surface area (Å²) in [6.45, 7) is 5.76. The summed E-state index contributed by atoms with van der Waals surface area (Å²) < 4.78 is 6.14. The van der Waals surface area contributed by atoms with E-state index in [4.69, 9.17) is 4.74 Å². The summed E-state index contributed by atoms with van der Waals surface area (Å²) in [6, 6.07) is 0. The van der Waals surface area contributed by atoms with Crippen molar-refractivity contribution in [3.05, 3.63) is 0 Å². The number of rotatable bonds is 4. The Morgan fingerprint density at radius 2 is 1.75 bits per heavy atom. The van der Waals surface area contributed by atoms with Gasteiger partial charge in [0.1, 0.15) is 0 Å². The molecule has 0 atom stereocenters. The molecule has 0 N–H and O–H groups in total. The largest absolute Gasteiger partial charge is 0.378 e. The van der Waals surface area contributed by atoms with Gasteiger partial charge in [0.05, 0.1) is 12.7 Å². The lowest BCUT2D eigenvalue weighted by atomic mass is 9.71. The van der Waals surface area contributed by atoms with Gasteiger partial charge in [0.2, 0.25) is 0 Å². The lowest BCUT2D eigenvalue weighted by Crippen LogP contribution is -2.38. The van der Waals surface area contributed by atoms with Crippen molar-refractivity contribution in [3.63, 3.8) is 0 Å². The molecule has 2 aliphatic carbocycles. The molecule has 2 aliphatic rings. The molecule has 0 bridgehead atoms. The van der Waals surface area contributed by atoms with E-state index >= 15 is 0 Å². The van der Waals surface area contributed by atoms with Crippen molar-refractivity contribution in [2.24, 2.45) is 10.8 Å². The van der Waals surface area contributed by atoms with Crippen LogP contribution in [0.1, 0.15) is 58.8 Å². The third-order valence-corrected chi connectivity index (χ3v) is 5.80. The Morgan fingerprint density at radius 1 is 1.12 bits per heavy atom. The van der Waals surface area contributed by atoms with Crippen LogP contribution in [0.25, 0.3) is 0 Å². The average Bonchev–Trinajstić information content (AvgIpc) is 2.19. The van der Waals surface area contributed by atoms with Crippen molar-refractivity contribution in [2.75, 3.05) is 11.9 Å². The van der Waals surface area contributed by atoms with Crippen LogP contribution in [0, 0.1) is 10.8 Å². The fourth-order valence-corrected chi connectivity index (χ4v) is 3.55. The fraction of sp³-hybridized carbons (Fsp3) is 1.00. The molecule has 0 aromatic rings. The van der Waals surface area contributed by atoms with Crippen molar-refractivity contribution in [2.45, 2.75) is 64.9 Å². The average molecular weight is 289 g/mol. The first-order chi connectivity index (χ1) is 7.55. The highest BCUT2D eigenvalue weighted by Crippen LogP contribution is 2.44. The van der Waals surface area contributed by atoms with Gasteiger partial charge >= 0.3 is 0 Å². The third kappa shape index (κ3) is 3.01. The lowest BCUT2D eigenvalue weighted by molar-refractivity contribution is -0.0558. The van der Waals surface area contributed by atoms with Crippen LogP contribution in [-0.4, -0.2) is 18.0 Å². The molecule has 0 heterocycles. The Balaban J connectivity index is 1.71. The maximum atomic E-state index is 6.14. The Labute approximate surface area is 108 Å². The zero-order valence-electron chi connectivity index (χ0n) is 10.7.